The van der Waals surface area contributed by atoms with Crippen molar-refractivity contribution < 1.29 is 13.5 Å². The quantitative estimate of drug-likeness (QED) is 0.898. The van der Waals surface area contributed by atoms with Crippen molar-refractivity contribution in [3.63, 3.8) is 0 Å². The minimum atomic E-state index is -0.414. The van der Waals surface area contributed by atoms with E-state index in [0.717, 1.165) is 0 Å². The molecule has 1 atom stereocenters. The van der Waals surface area contributed by atoms with Gasteiger partial charge in [-0.3, -0.25) is 0 Å². The van der Waals surface area contributed by atoms with Gasteiger partial charge in [-0.1, -0.05) is 0 Å². The molecule has 0 fully saturated rings. The summed E-state index contributed by atoms with van der Waals surface area (Å²) in [6.07, 6.45) is 0. The van der Waals surface area contributed by atoms with Crippen LogP contribution in [-0.2, 0) is 0 Å². The zero-order valence-electron chi connectivity index (χ0n) is 10.2. The molecule has 19 heavy (non-hydrogen) atoms. The predicted molar refractivity (Wildman–Crippen MR) is 73.2 cm³/mol. The highest BCUT2D eigenvalue weighted by Crippen LogP contribution is 2.34. The Labute approximate surface area is 118 Å². The molecule has 2 N–H and O–H groups in total. The molecule has 2 aromatic rings. The van der Waals surface area contributed by atoms with Crippen LogP contribution in [0.5, 0.6) is 11.5 Å². The fourth-order valence-electron chi connectivity index (χ4n) is 1.64. The van der Waals surface area contributed by atoms with Crippen LogP contribution in [0.25, 0.3) is 0 Å². The molecule has 2 rings (SSSR count). The second-order valence-electron chi connectivity index (χ2n) is 4.15. The zero-order chi connectivity index (χ0) is 14.0. The largest absolute Gasteiger partial charge is 0.456 e. The lowest BCUT2D eigenvalue weighted by Crippen LogP contribution is -2.07. The SMILES string of the molecule is CC(N)c1cc(F)ccc1Oc1cc(F)ccc1Br. The summed E-state index contributed by atoms with van der Waals surface area (Å²) < 4.78 is 32.6. The first-order valence-corrected chi connectivity index (χ1v) is 6.44. The molecule has 0 aliphatic heterocycles. The fourth-order valence-corrected chi connectivity index (χ4v) is 1.97. The van der Waals surface area contributed by atoms with Gasteiger partial charge >= 0.3 is 0 Å². The molecular formula is C14H12BrF2NO. The number of halogens is 3. The van der Waals surface area contributed by atoms with E-state index in [9.17, 15) is 8.78 Å². The van der Waals surface area contributed by atoms with Crippen LogP contribution in [-0.4, -0.2) is 0 Å². The molecule has 0 spiro atoms. The highest BCUT2D eigenvalue weighted by molar-refractivity contribution is 9.10. The molecule has 0 saturated heterocycles. The van der Waals surface area contributed by atoms with Gasteiger partial charge in [0.05, 0.1) is 4.47 Å². The first kappa shape index (κ1) is 14.0. The summed E-state index contributed by atoms with van der Waals surface area (Å²) in [5.74, 6) is -0.0863. The third-order valence-corrected chi connectivity index (χ3v) is 3.23. The summed E-state index contributed by atoms with van der Waals surface area (Å²) in [7, 11) is 0. The highest BCUT2D eigenvalue weighted by atomic mass is 79.9. The molecule has 0 aliphatic carbocycles. The first-order chi connectivity index (χ1) is 8.97. The van der Waals surface area contributed by atoms with Gasteiger partial charge in [-0.25, -0.2) is 8.78 Å². The Kier molecular flexibility index (Phi) is 4.17. The van der Waals surface area contributed by atoms with Crippen molar-refractivity contribution in [3.05, 3.63) is 58.1 Å². The molecule has 0 heterocycles. The molecule has 0 saturated carbocycles. The zero-order valence-corrected chi connectivity index (χ0v) is 11.7. The number of hydrogen-bond acceptors (Lipinski definition) is 2. The smallest absolute Gasteiger partial charge is 0.144 e. The van der Waals surface area contributed by atoms with E-state index in [4.69, 9.17) is 10.5 Å². The molecule has 1 unspecified atom stereocenters. The van der Waals surface area contributed by atoms with Gasteiger partial charge in [0.2, 0.25) is 0 Å². The van der Waals surface area contributed by atoms with Crippen LogP contribution in [0, 0.1) is 11.6 Å². The fraction of sp³-hybridized carbons (Fsp3) is 0.143. The molecule has 5 heteroatoms. The number of rotatable bonds is 3. The van der Waals surface area contributed by atoms with Crippen molar-refractivity contribution in [1.29, 1.82) is 0 Å². The maximum absolute atomic E-state index is 13.2. The molecule has 0 aromatic heterocycles. The summed E-state index contributed by atoms with van der Waals surface area (Å²) >= 11 is 3.27. The first-order valence-electron chi connectivity index (χ1n) is 5.65. The molecule has 0 amide bonds. The molecule has 0 aliphatic rings. The van der Waals surface area contributed by atoms with Crippen molar-refractivity contribution in [2.45, 2.75) is 13.0 Å². The van der Waals surface area contributed by atoms with E-state index in [1.165, 1.54) is 30.3 Å². The third kappa shape index (κ3) is 3.30. The van der Waals surface area contributed by atoms with Gasteiger partial charge in [0, 0.05) is 17.7 Å². The Morgan fingerprint density at radius 1 is 1.05 bits per heavy atom. The minimum absolute atomic E-state index is 0.313. The Balaban J connectivity index is 2.40. The second kappa shape index (κ2) is 5.67. The maximum Gasteiger partial charge on any atom is 0.144 e. The van der Waals surface area contributed by atoms with Gasteiger partial charge < -0.3 is 10.5 Å². The summed E-state index contributed by atoms with van der Waals surface area (Å²) in [5, 5.41) is 0. The van der Waals surface area contributed by atoms with Crippen LogP contribution in [0.2, 0.25) is 0 Å². The summed E-state index contributed by atoms with van der Waals surface area (Å²) in [6, 6.07) is 7.78. The van der Waals surface area contributed by atoms with Crippen molar-refractivity contribution in [1.82, 2.24) is 0 Å². The lowest BCUT2D eigenvalue weighted by Gasteiger charge is -2.14. The van der Waals surface area contributed by atoms with Crippen LogP contribution in [0.3, 0.4) is 0 Å². The van der Waals surface area contributed by atoms with Gasteiger partial charge in [-0.2, -0.15) is 0 Å². The number of nitrogens with two attached hydrogens (primary N) is 1. The van der Waals surface area contributed by atoms with E-state index in [1.54, 1.807) is 13.0 Å². The molecule has 0 radical (unpaired) electrons. The summed E-state index contributed by atoms with van der Waals surface area (Å²) in [6.45, 7) is 1.72. The van der Waals surface area contributed by atoms with E-state index < -0.39 is 17.7 Å². The van der Waals surface area contributed by atoms with Gasteiger partial charge in [-0.15, -0.1) is 0 Å². The topological polar surface area (TPSA) is 35.2 Å². The van der Waals surface area contributed by atoms with E-state index in [0.29, 0.717) is 21.5 Å². The second-order valence-corrected chi connectivity index (χ2v) is 5.00. The Morgan fingerprint density at radius 2 is 1.68 bits per heavy atom. The van der Waals surface area contributed by atoms with E-state index in [1.807, 2.05) is 0 Å². The van der Waals surface area contributed by atoms with Crippen molar-refractivity contribution in [2.75, 3.05) is 0 Å². The monoisotopic (exact) mass is 327 g/mol. The Bertz CT molecular complexity index is 602. The van der Waals surface area contributed by atoms with Crippen molar-refractivity contribution >= 4 is 15.9 Å². The molecule has 2 aromatic carbocycles. The Hall–Kier alpha value is -1.46. The van der Waals surface area contributed by atoms with Crippen LogP contribution in [0.4, 0.5) is 8.78 Å². The lowest BCUT2D eigenvalue weighted by atomic mass is 10.1. The molecular weight excluding hydrogens is 316 g/mol. The molecule has 0 bridgehead atoms. The summed E-state index contributed by atoms with van der Waals surface area (Å²) in [5.41, 5.74) is 6.30. The average Bonchev–Trinajstić information content (AvgIpc) is 2.35. The van der Waals surface area contributed by atoms with E-state index in [2.05, 4.69) is 15.9 Å². The average molecular weight is 328 g/mol. The molecule has 100 valence electrons. The summed E-state index contributed by atoms with van der Waals surface area (Å²) in [4.78, 5) is 0. The van der Waals surface area contributed by atoms with E-state index >= 15 is 0 Å². The number of ether oxygens (including phenoxy) is 1. The number of hydrogen-bond donors (Lipinski definition) is 1. The van der Waals surface area contributed by atoms with Crippen molar-refractivity contribution in [3.8, 4) is 11.5 Å². The molecule has 2 nitrogen and oxygen atoms in total. The lowest BCUT2D eigenvalue weighted by molar-refractivity contribution is 0.461. The van der Waals surface area contributed by atoms with Crippen molar-refractivity contribution in [2.24, 2.45) is 5.73 Å². The minimum Gasteiger partial charge on any atom is -0.456 e. The van der Waals surface area contributed by atoms with Crippen LogP contribution >= 0.6 is 15.9 Å². The predicted octanol–water partition coefficient (Wildman–Crippen LogP) is 4.54. The van der Waals surface area contributed by atoms with Gasteiger partial charge in [0.15, 0.2) is 0 Å². The van der Waals surface area contributed by atoms with Crippen LogP contribution in [0.15, 0.2) is 40.9 Å². The third-order valence-electron chi connectivity index (χ3n) is 2.58. The normalized spacial score (nSPS) is 12.3. The van der Waals surface area contributed by atoms with E-state index in [-0.39, 0.29) is 0 Å². The van der Waals surface area contributed by atoms with Gasteiger partial charge in [0.25, 0.3) is 0 Å². The maximum atomic E-state index is 13.2. The van der Waals surface area contributed by atoms with Gasteiger partial charge in [0.1, 0.15) is 23.1 Å². The van der Waals surface area contributed by atoms with Crippen LogP contribution < -0.4 is 10.5 Å². The highest BCUT2D eigenvalue weighted by Gasteiger charge is 2.12. The van der Waals surface area contributed by atoms with Gasteiger partial charge in [-0.05, 0) is 53.2 Å². The standard InChI is InChI=1S/C14H12BrF2NO/c1-8(18)11-6-9(16)3-5-13(11)19-14-7-10(17)2-4-12(14)15/h2-8H,18H2,1H3. The van der Waals surface area contributed by atoms with Crippen LogP contribution in [0.1, 0.15) is 18.5 Å². The Morgan fingerprint density at radius 3 is 2.37 bits per heavy atom. The number of benzene rings is 2.